The molecule has 27 heavy (non-hydrogen) atoms. The van der Waals surface area contributed by atoms with Crippen LogP contribution in [0.5, 0.6) is 5.75 Å². The van der Waals surface area contributed by atoms with Gasteiger partial charge < -0.3 is 25.8 Å². The Morgan fingerprint density at radius 2 is 1.93 bits per heavy atom. The van der Waals surface area contributed by atoms with Crippen LogP contribution in [0.2, 0.25) is 0 Å². The monoisotopic (exact) mass is 369 g/mol. The fraction of sp³-hybridized carbons (Fsp3) is 0.300. The van der Waals surface area contributed by atoms with Crippen molar-refractivity contribution < 1.29 is 19.1 Å². The van der Waals surface area contributed by atoms with E-state index in [1.807, 2.05) is 0 Å². The molecule has 3 rings (SSSR count). The Kier molecular flexibility index (Phi) is 6.27. The van der Waals surface area contributed by atoms with Gasteiger partial charge in [0.1, 0.15) is 12.4 Å². The third-order valence-corrected chi connectivity index (χ3v) is 4.23. The predicted octanol–water partition coefficient (Wildman–Crippen LogP) is 2.39. The van der Waals surface area contributed by atoms with E-state index >= 15 is 0 Å². The van der Waals surface area contributed by atoms with Crippen LogP contribution in [0.3, 0.4) is 0 Å². The van der Waals surface area contributed by atoms with E-state index in [1.54, 1.807) is 48.5 Å². The number of hydrogen-bond acceptors (Lipinski definition) is 5. The molecule has 1 unspecified atom stereocenters. The Morgan fingerprint density at radius 1 is 1.15 bits per heavy atom. The van der Waals surface area contributed by atoms with Gasteiger partial charge in [-0.1, -0.05) is 12.1 Å². The van der Waals surface area contributed by atoms with Crippen LogP contribution in [0.4, 0.5) is 11.4 Å². The molecule has 0 aliphatic carbocycles. The Labute approximate surface area is 157 Å². The number of carbonyl (C=O) groups is 2. The Morgan fingerprint density at radius 3 is 2.63 bits per heavy atom. The standard InChI is InChI=1S/C20H23N3O4/c21-20(25)17-5-1-2-6-18(17)22-12-19(24)23-14-7-9-15(10-8-14)27-13-16-4-3-11-26-16/h1-2,5-10,16,22H,3-4,11-13H2,(H2,21,25)(H,23,24). The zero-order valence-electron chi connectivity index (χ0n) is 14.9. The number of nitrogens with two attached hydrogens (primary N) is 1. The minimum atomic E-state index is -0.544. The maximum atomic E-state index is 12.1. The molecule has 1 saturated heterocycles. The lowest BCUT2D eigenvalue weighted by molar-refractivity contribution is -0.114. The van der Waals surface area contributed by atoms with E-state index < -0.39 is 5.91 Å². The van der Waals surface area contributed by atoms with Gasteiger partial charge in [-0.15, -0.1) is 0 Å². The number of para-hydroxylation sites is 1. The summed E-state index contributed by atoms with van der Waals surface area (Å²) in [5, 5.41) is 5.71. The summed E-state index contributed by atoms with van der Waals surface area (Å²) in [5.74, 6) is -0.0450. The molecular formula is C20H23N3O4. The van der Waals surface area contributed by atoms with Gasteiger partial charge in [0.25, 0.3) is 5.91 Å². The number of amides is 2. The topological polar surface area (TPSA) is 103 Å². The Hall–Kier alpha value is -3.06. The number of benzene rings is 2. The van der Waals surface area contributed by atoms with Crippen LogP contribution in [0.1, 0.15) is 23.2 Å². The third-order valence-electron chi connectivity index (χ3n) is 4.23. The molecule has 0 radical (unpaired) electrons. The molecule has 7 heteroatoms. The number of carbonyl (C=O) groups excluding carboxylic acids is 2. The molecular weight excluding hydrogens is 346 g/mol. The summed E-state index contributed by atoms with van der Waals surface area (Å²) in [6, 6.07) is 14.0. The molecule has 1 atom stereocenters. The molecule has 2 amide bonds. The lowest BCUT2D eigenvalue weighted by atomic mass is 10.1. The van der Waals surface area contributed by atoms with E-state index in [1.165, 1.54) is 0 Å². The average Bonchev–Trinajstić information content (AvgIpc) is 3.19. The number of ether oxygens (including phenoxy) is 2. The summed E-state index contributed by atoms with van der Waals surface area (Å²) in [6.07, 6.45) is 2.27. The fourth-order valence-electron chi connectivity index (χ4n) is 2.83. The highest BCUT2D eigenvalue weighted by atomic mass is 16.5. The van der Waals surface area contributed by atoms with E-state index in [0.29, 0.717) is 23.5 Å². The average molecular weight is 369 g/mol. The van der Waals surface area contributed by atoms with Crippen molar-refractivity contribution in [1.82, 2.24) is 0 Å². The SMILES string of the molecule is NC(=O)c1ccccc1NCC(=O)Nc1ccc(OCC2CCCO2)cc1. The zero-order chi connectivity index (χ0) is 19.1. The predicted molar refractivity (Wildman–Crippen MR) is 103 cm³/mol. The van der Waals surface area contributed by atoms with E-state index in [4.69, 9.17) is 15.2 Å². The highest BCUT2D eigenvalue weighted by molar-refractivity contribution is 6.00. The van der Waals surface area contributed by atoms with Crippen molar-refractivity contribution in [1.29, 1.82) is 0 Å². The normalized spacial score (nSPS) is 15.9. The van der Waals surface area contributed by atoms with Crippen molar-refractivity contribution in [3.63, 3.8) is 0 Å². The van der Waals surface area contributed by atoms with E-state index in [2.05, 4.69) is 10.6 Å². The largest absolute Gasteiger partial charge is 0.491 e. The number of anilines is 2. The van der Waals surface area contributed by atoms with Crippen molar-refractivity contribution in [3.8, 4) is 5.75 Å². The lowest BCUT2D eigenvalue weighted by Gasteiger charge is -2.12. The molecule has 1 aliphatic heterocycles. The molecule has 2 aromatic carbocycles. The fourth-order valence-corrected chi connectivity index (χ4v) is 2.83. The maximum absolute atomic E-state index is 12.1. The number of primary amides is 1. The molecule has 1 heterocycles. The summed E-state index contributed by atoms with van der Waals surface area (Å²) >= 11 is 0. The first kappa shape index (κ1) is 18.7. The maximum Gasteiger partial charge on any atom is 0.250 e. The van der Waals surface area contributed by atoms with E-state index in [-0.39, 0.29) is 18.6 Å². The smallest absolute Gasteiger partial charge is 0.250 e. The van der Waals surface area contributed by atoms with Gasteiger partial charge in [0, 0.05) is 18.0 Å². The van der Waals surface area contributed by atoms with Gasteiger partial charge >= 0.3 is 0 Å². The van der Waals surface area contributed by atoms with Gasteiger partial charge in [0.2, 0.25) is 5.91 Å². The summed E-state index contributed by atoms with van der Waals surface area (Å²) in [7, 11) is 0. The molecule has 0 bridgehead atoms. The summed E-state index contributed by atoms with van der Waals surface area (Å²) in [5.41, 5.74) is 6.86. The van der Waals surface area contributed by atoms with Crippen LogP contribution in [-0.4, -0.2) is 37.7 Å². The van der Waals surface area contributed by atoms with Gasteiger partial charge in [-0.3, -0.25) is 9.59 Å². The van der Waals surface area contributed by atoms with E-state index in [9.17, 15) is 9.59 Å². The van der Waals surface area contributed by atoms with Gasteiger partial charge in [-0.2, -0.15) is 0 Å². The minimum absolute atomic E-state index is 0.0154. The highest BCUT2D eigenvalue weighted by Crippen LogP contribution is 2.19. The van der Waals surface area contributed by atoms with Crippen LogP contribution in [-0.2, 0) is 9.53 Å². The second-order valence-corrected chi connectivity index (χ2v) is 6.28. The molecule has 142 valence electrons. The Balaban J connectivity index is 1.47. The first-order valence-electron chi connectivity index (χ1n) is 8.89. The van der Waals surface area contributed by atoms with Crippen molar-refractivity contribution in [3.05, 3.63) is 54.1 Å². The molecule has 1 aliphatic rings. The minimum Gasteiger partial charge on any atom is -0.491 e. The highest BCUT2D eigenvalue weighted by Gasteiger charge is 2.16. The first-order chi connectivity index (χ1) is 13.1. The second kappa shape index (κ2) is 9.05. The number of hydrogen-bond donors (Lipinski definition) is 3. The summed E-state index contributed by atoms with van der Waals surface area (Å²) < 4.78 is 11.2. The summed E-state index contributed by atoms with van der Waals surface area (Å²) in [4.78, 5) is 23.5. The van der Waals surface area contributed by atoms with Crippen LogP contribution in [0.25, 0.3) is 0 Å². The first-order valence-corrected chi connectivity index (χ1v) is 8.89. The van der Waals surface area contributed by atoms with Crippen molar-refractivity contribution in [2.45, 2.75) is 18.9 Å². The van der Waals surface area contributed by atoms with Crippen LogP contribution in [0, 0.1) is 0 Å². The molecule has 4 N–H and O–H groups in total. The molecule has 0 spiro atoms. The quantitative estimate of drug-likeness (QED) is 0.663. The van der Waals surface area contributed by atoms with Crippen LogP contribution < -0.4 is 21.1 Å². The molecule has 0 aromatic heterocycles. The van der Waals surface area contributed by atoms with Crippen molar-refractivity contribution >= 4 is 23.2 Å². The second-order valence-electron chi connectivity index (χ2n) is 6.28. The third kappa shape index (κ3) is 5.46. The lowest BCUT2D eigenvalue weighted by Crippen LogP contribution is -2.23. The Bertz CT molecular complexity index is 786. The van der Waals surface area contributed by atoms with E-state index in [0.717, 1.165) is 25.2 Å². The number of rotatable bonds is 8. The summed E-state index contributed by atoms with van der Waals surface area (Å²) in [6.45, 7) is 1.35. The van der Waals surface area contributed by atoms with Crippen molar-refractivity contribution in [2.24, 2.45) is 5.73 Å². The van der Waals surface area contributed by atoms with Gasteiger partial charge in [0.05, 0.1) is 18.2 Å². The van der Waals surface area contributed by atoms with Crippen molar-refractivity contribution in [2.75, 3.05) is 30.4 Å². The molecule has 0 saturated carbocycles. The molecule has 1 fully saturated rings. The van der Waals surface area contributed by atoms with Gasteiger partial charge in [-0.25, -0.2) is 0 Å². The van der Waals surface area contributed by atoms with Gasteiger partial charge in [-0.05, 0) is 49.2 Å². The van der Waals surface area contributed by atoms with Gasteiger partial charge in [0.15, 0.2) is 0 Å². The zero-order valence-corrected chi connectivity index (χ0v) is 14.9. The number of nitrogens with one attached hydrogen (secondary N) is 2. The molecule has 2 aromatic rings. The van der Waals surface area contributed by atoms with Crippen LogP contribution >= 0.6 is 0 Å². The van der Waals surface area contributed by atoms with Crippen LogP contribution in [0.15, 0.2) is 48.5 Å². The molecule has 7 nitrogen and oxygen atoms in total.